The maximum atomic E-state index is 12.8. The van der Waals surface area contributed by atoms with Crippen LogP contribution in [-0.4, -0.2) is 37.2 Å². The van der Waals surface area contributed by atoms with Crippen LogP contribution in [0.3, 0.4) is 0 Å². The second kappa shape index (κ2) is 60.7. The zero-order valence-electron chi connectivity index (χ0n) is 48.3. The van der Waals surface area contributed by atoms with Crippen LogP contribution >= 0.6 is 0 Å². The van der Waals surface area contributed by atoms with E-state index in [4.69, 9.17) is 14.2 Å². The third-order valence-electron chi connectivity index (χ3n) is 14.8. The summed E-state index contributed by atoms with van der Waals surface area (Å²) in [5.41, 5.74) is 0. The van der Waals surface area contributed by atoms with Crippen LogP contribution in [0, 0.1) is 0 Å². The quantitative estimate of drug-likeness (QED) is 0.0261. The summed E-state index contributed by atoms with van der Waals surface area (Å²) in [5.74, 6) is -0.852. The highest BCUT2D eigenvalue weighted by Gasteiger charge is 2.19. The number of hydrogen-bond acceptors (Lipinski definition) is 6. The van der Waals surface area contributed by atoms with Gasteiger partial charge in [-0.05, 0) is 44.9 Å². The van der Waals surface area contributed by atoms with Crippen LogP contribution in [-0.2, 0) is 28.6 Å². The number of hydrogen-bond donors (Lipinski definition) is 0. The molecular weight excluding hydrogens is 877 g/mol. The predicted octanol–water partition coefficient (Wildman–Crippen LogP) is 21.7. The number of carbonyl (C=O) groups is 3. The third-order valence-corrected chi connectivity index (χ3v) is 14.8. The van der Waals surface area contributed by atoms with Crippen molar-refractivity contribution in [2.24, 2.45) is 0 Å². The van der Waals surface area contributed by atoms with Gasteiger partial charge in [-0.3, -0.25) is 14.4 Å². The minimum absolute atomic E-state index is 0.0663. The Morgan fingerprint density at radius 2 is 0.465 bits per heavy atom. The summed E-state index contributed by atoms with van der Waals surface area (Å²) in [6, 6.07) is 0. The topological polar surface area (TPSA) is 78.9 Å². The maximum Gasteiger partial charge on any atom is 0.306 e. The van der Waals surface area contributed by atoms with Gasteiger partial charge < -0.3 is 14.2 Å². The van der Waals surface area contributed by atoms with Gasteiger partial charge in [0.05, 0.1) is 0 Å². The number of esters is 3. The van der Waals surface area contributed by atoms with Crippen molar-refractivity contribution in [3.63, 3.8) is 0 Å². The zero-order valence-corrected chi connectivity index (χ0v) is 48.3. The normalized spacial score (nSPS) is 12.0. The molecule has 0 saturated heterocycles. The van der Waals surface area contributed by atoms with Crippen molar-refractivity contribution >= 4 is 17.9 Å². The molecular formula is C65H124O6. The average molecular weight is 1000 g/mol. The van der Waals surface area contributed by atoms with Crippen LogP contribution in [0.5, 0.6) is 0 Å². The first-order valence-electron chi connectivity index (χ1n) is 32.2. The number of rotatable bonds is 60. The molecule has 0 heterocycles. The highest BCUT2D eigenvalue weighted by atomic mass is 16.6. The van der Waals surface area contributed by atoms with Crippen LogP contribution < -0.4 is 0 Å². The molecule has 1 unspecified atom stereocenters. The van der Waals surface area contributed by atoms with E-state index in [0.29, 0.717) is 19.3 Å². The number of unbranched alkanes of at least 4 members (excludes halogenated alkanes) is 47. The standard InChI is InChI=1S/C65H124O6/c1-4-7-10-13-16-18-20-22-24-26-28-29-30-31-32-33-34-35-36-37-39-40-42-44-46-49-52-55-58-64(67)70-61-62(60-69-63(66)57-54-51-48-15-12-9-6-3)71-65(68)59-56-53-50-47-45-43-41-38-27-25-23-21-19-17-14-11-8-5-2/h25,27,62H,4-24,26,28-61H2,1-3H3/b27-25-. The average Bonchev–Trinajstić information content (AvgIpc) is 3.37. The smallest absolute Gasteiger partial charge is 0.306 e. The molecule has 0 fully saturated rings. The van der Waals surface area contributed by atoms with Crippen LogP contribution in [0.4, 0.5) is 0 Å². The molecule has 71 heavy (non-hydrogen) atoms. The first kappa shape index (κ1) is 69.2. The Bertz CT molecular complexity index is 1100. The molecule has 0 aromatic carbocycles. The molecule has 0 aliphatic heterocycles. The highest BCUT2D eigenvalue weighted by Crippen LogP contribution is 2.18. The Balaban J connectivity index is 4.02. The molecule has 0 N–H and O–H groups in total. The Kier molecular flexibility index (Phi) is 59.1. The van der Waals surface area contributed by atoms with Gasteiger partial charge in [0.1, 0.15) is 13.2 Å². The lowest BCUT2D eigenvalue weighted by molar-refractivity contribution is -0.167. The lowest BCUT2D eigenvalue weighted by atomic mass is 10.0. The van der Waals surface area contributed by atoms with Crippen LogP contribution in [0.2, 0.25) is 0 Å². The first-order valence-corrected chi connectivity index (χ1v) is 32.2. The van der Waals surface area contributed by atoms with E-state index in [1.807, 2.05) is 0 Å². The number of ether oxygens (including phenoxy) is 3. The van der Waals surface area contributed by atoms with E-state index in [2.05, 4.69) is 32.9 Å². The van der Waals surface area contributed by atoms with Gasteiger partial charge in [-0.15, -0.1) is 0 Å². The second-order valence-corrected chi connectivity index (χ2v) is 22.0. The fourth-order valence-electron chi connectivity index (χ4n) is 9.91. The lowest BCUT2D eigenvalue weighted by Crippen LogP contribution is -2.30. The van der Waals surface area contributed by atoms with Gasteiger partial charge in [0, 0.05) is 19.3 Å². The molecule has 1 atom stereocenters. The molecule has 0 aromatic rings. The van der Waals surface area contributed by atoms with Crippen LogP contribution in [0.25, 0.3) is 0 Å². The number of allylic oxidation sites excluding steroid dienone is 2. The third kappa shape index (κ3) is 58.9. The van der Waals surface area contributed by atoms with Crippen molar-refractivity contribution in [2.45, 2.75) is 374 Å². The summed E-state index contributed by atoms with van der Waals surface area (Å²) in [4.78, 5) is 38.0. The molecule has 6 heteroatoms. The largest absolute Gasteiger partial charge is 0.462 e. The first-order chi connectivity index (χ1) is 35.0. The minimum atomic E-state index is -0.766. The Morgan fingerprint density at radius 1 is 0.268 bits per heavy atom. The van der Waals surface area contributed by atoms with Crippen molar-refractivity contribution in [1.82, 2.24) is 0 Å². The molecule has 0 aromatic heterocycles. The van der Waals surface area contributed by atoms with Gasteiger partial charge in [-0.1, -0.05) is 315 Å². The molecule has 0 aliphatic carbocycles. The van der Waals surface area contributed by atoms with E-state index in [1.165, 1.54) is 270 Å². The molecule has 0 saturated carbocycles. The summed E-state index contributed by atoms with van der Waals surface area (Å²) in [7, 11) is 0. The molecule has 0 spiro atoms. The van der Waals surface area contributed by atoms with Gasteiger partial charge in [-0.2, -0.15) is 0 Å². The van der Waals surface area contributed by atoms with E-state index >= 15 is 0 Å². The molecule has 6 nitrogen and oxygen atoms in total. The maximum absolute atomic E-state index is 12.8. The van der Waals surface area contributed by atoms with Gasteiger partial charge in [0.15, 0.2) is 6.10 Å². The Morgan fingerprint density at radius 3 is 0.704 bits per heavy atom. The SMILES string of the molecule is CCCCCCCCC/C=C\CCCCCCCCCC(=O)OC(COC(=O)CCCCCCCCC)COC(=O)CCCCCCCCCCCCCCCCCCCCCCCCCCCCCC. The van der Waals surface area contributed by atoms with E-state index < -0.39 is 6.10 Å². The zero-order chi connectivity index (χ0) is 51.4. The summed E-state index contributed by atoms with van der Waals surface area (Å²) >= 11 is 0. The van der Waals surface area contributed by atoms with Crippen molar-refractivity contribution < 1.29 is 28.6 Å². The molecule has 420 valence electrons. The highest BCUT2D eigenvalue weighted by molar-refractivity contribution is 5.71. The predicted molar refractivity (Wildman–Crippen MR) is 307 cm³/mol. The van der Waals surface area contributed by atoms with E-state index in [0.717, 1.165) is 57.8 Å². The van der Waals surface area contributed by atoms with Crippen molar-refractivity contribution in [3.05, 3.63) is 12.2 Å². The Labute approximate surface area is 443 Å². The minimum Gasteiger partial charge on any atom is -0.462 e. The second-order valence-electron chi connectivity index (χ2n) is 22.0. The molecule has 0 aliphatic rings. The summed E-state index contributed by atoms with van der Waals surface area (Å²) < 4.78 is 16.8. The molecule has 0 radical (unpaired) electrons. The molecule has 0 rings (SSSR count). The van der Waals surface area contributed by atoms with Gasteiger partial charge in [0.2, 0.25) is 0 Å². The fraction of sp³-hybridized carbons (Fsp3) is 0.923. The molecule has 0 bridgehead atoms. The van der Waals surface area contributed by atoms with Gasteiger partial charge in [0.25, 0.3) is 0 Å². The van der Waals surface area contributed by atoms with Crippen molar-refractivity contribution in [2.75, 3.05) is 13.2 Å². The van der Waals surface area contributed by atoms with Crippen molar-refractivity contribution in [3.8, 4) is 0 Å². The fourth-order valence-corrected chi connectivity index (χ4v) is 9.91. The van der Waals surface area contributed by atoms with E-state index in [1.54, 1.807) is 0 Å². The van der Waals surface area contributed by atoms with Crippen molar-refractivity contribution in [1.29, 1.82) is 0 Å². The monoisotopic (exact) mass is 1000 g/mol. The van der Waals surface area contributed by atoms with Gasteiger partial charge >= 0.3 is 17.9 Å². The summed E-state index contributed by atoms with van der Waals surface area (Å²) in [6.45, 7) is 6.66. The lowest BCUT2D eigenvalue weighted by Gasteiger charge is -2.18. The number of carbonyl (C=O) groups excluding carboxylic acids is 3. The van der Waals surface area contributed by atoms with E-state index in [-0.39, 0.29) is 31.1 Å². The van der Waals surface area contributed by atoms with E-state index in [9.17, 15) is 14.4 Å². The Hall–Kier alpha value is -1.85. The summed E-state index contributed by atoms with van der Waals surface area (Å²) in [6.07, 6.45) is 71.2. The van der Waals surface area contributed by atoms with Crippen LogP contribution in [0.1, 0.15) is 367 Å². The summed E-state index contributed by atoms with van der Waals surface area (Å²) in [5, 5.41) is 0. The molecule has 0 amide bonds. The van der Waals surface area contributed by atoms with Gasteiger partial charge in [-0.25, -0.2) is 0 Å². The van der Waals surface area contributed by atoms with Crippen LogP contribution in [0.15, 0.2) is 12.2 Å².